The molecule has 0 bridgehead atoms. The molecule has 1 unspecified atom stereocenters. The van der Waals surface area contributed by atoms with E-state index in [2.05, 4.69) is 45.8 Å². The molecule has 6 nitrogen and oxygen atoms in total. The van der Waals surface area contributed by atoms with Crippen molar-refractivity contribution in [2.24, 2.45) is 12.0 Å². The quantitative estimate of drug-likeness (QED) is 0.531. The maximum absolute atomic E-state index is 10.7. The summed E-state index contributed by atoms with van der Waals surface area (Å²) in [5.74, 6) is 0.692. The average molecular weight is 343 g/mol. The highest BCUT2D eigenvalue weighted by Gasteiger charge is 2.24. The van der Waals surface area contributed by atoms with Gasteiger partial charge in [-0.3, -0.25) is 4.68 Å². The fraction of sp³-hybridized carbons (Fsp3) is 0.474. The Morgan fingerprint density at radius 3 is 2.56 bits per heavy atom. The van der Waals surface area contributed by atoms with Crippen molar-refractivity contribution < 1.29 is 5.11 Å². The summed E-state index contributed by atoms with van der Waals surface area (Å²) in [5.41, 5.74) is 2.28. The zero-order valence-corrected chi connectivity index (χ0v) is 15.6. The maximum atomic E-state index is 10.7. The van der Waals surface area contributed by atoms with E-state index in [1.165, 1.54) is 11.1 Å². The maximum Gasteiger partial charge on any atom is 0.191 e. The summed E-state index contributed by atoms with van der Waals surface area (Å²) in [6.07, 6.45) is 4.50. The minimum atomic E-state index is -1.02. The first-order valence-corrected chi connectivity index (χ1v) is 8.76. The van der Waals surface area contributed by atoms with E-state index in [9.17, 15) is 5.11 Å². The molecule has 0 saturated heterocycles. The van der Waals surface area contributed by atoms with Gasteiger partial charge >= 0.3 is 0 Å². The molecule has 1 heterocycles. The standard InChI is InChI=1S/C19H29N5O/c1-5-15-9-7-8-10-16(15)11-21-18(20-6-2)22-14-19(3,25)17-12-23-24(4)13-17/h7-10,12-13,25H,5-6,11,14H2,1-4H3,(H2,20,21,22). The molecule has 0 aliphatic rings. The summed E-state index contributed by atoms with van der Waals surface area (Å²) < 4.78 is 1.69. The van der Waals surface area contributed by atoms with Crippen LogP contribution in [0.3, 0.4) is 0 Å². The van der Waals surface area contributed by atoms with Crippen LogP contribution in [0.15, 0.2) is 41.7 Å². The first-order valence-electron chi connectivity index (χ1n) is 8.76. The normalized spacial score (nSPS) is 14.2. The van der Waals surface area contributed by atoms with Gasteiger partial charge in [-0.05, 0) is 31.4 Å². The van der Waals surface area contributed by atoms with Gasteiger partial charge in [-0.15, -0.1) is 0 Å². The molecule has 25 heavy (non-hydrogen) atoms. The monoisotopic (exact) mass is 343 g/mol. The third kappa shape index (κ3) is 5.32. The Bertz CT molecular complexity index is 705. The number of rotatable bonds is 7. The van der Waals surface area contributed by atoms with Crippen molar-refractivity contribution in [1.82, 2.24) is 20.4 Å². The van der Waals surface area contributed by atoms with Crippen molar-refractivity contribution in [2.75, 3.05) is 13.1 Å². The van der Waals surface area contributed by atoms with E-state index in [-0.39, 0.29) is 0 Å². The first-order chi connectivity index (χ1) is 12.0. The van der Waals surface area contributed by atoms with E-state index in [0.717, 1.165) is 18.5 Å². The average Bonchev–Trinajstić information content (AvgIpc) is 3.05. The number of nitrogens with one attached hydrogen (secondary N) is 2. The van der Waals surface area contributed by atoms with Crippen molar-refractivity contribution in [3.8, 4) is 0 Å². The van der Waals surface area contributed by atoms with E-state index in [4.69, 9.17) is 0 Å². The SMILES string of the molecule is CCNC(=NCc1ccccc1CC)NCC(C)(O)c1cnn(C)c1. The van der Waals surface area contributed by atoms with Gasteiger partial charge in [0, 0.05) is 25.4 Å². The van der Waals surface area contributed by atoms with Crippen LogP contribution in [0.5, 0.6) is 0 Å². The molecule has 1 aromatic heterocycles. The number of guanidine groups is 1. The molecule has 0 fully saturated rings. The summed E-state index contributed by atoms with van der Waals surface area (Å²) in [6, 6.07) is 8.34. The Morgan fingerprint density at radius 1 is 1.24 bits per heavy atom. The molecule has 0 saturated carbocycles. The van der Waals surface area contributed by atoms with E-state index in [1.54, 1.807) is 17.8 Å². The zero-order valence-electron chi connectivity index (χ0n) is 15.6. The summed E-state index contributed by atoms with van der Waals surface area (Å²) in [5, 5.41) is 21.3. The van der Waals surface area contributed by atoms with E-state index < -0.39 is 5.60 Å². The highest BCUT2D eigenvalue weighted by atomic mass is 16.3. The van der Waals surface area contributed by atoms with Gasteiger partial charge in [-0.2, -0.15) is 5.10 Å². The zero-order chi connectivity index (χ0) is 18.3. The molecule has 2 rings (SSSR count). The van der Waals surface area contributed by atoms with Crippen LogP contribution in [0.2, 0.25) is 0 Å². The van der Waals surface area contributed by atoms with E-state index in [0.29, 0.717) is 19.0 Å². The molecule has 0 aliphatic heterocycles. The molecule has 3 N–H and O–H groups in total. The number of hydrogen-bond acceptors (Lipinski definition) is 3. The molecule has 0 amide bonds. The van der Waals surface area contributed by atoms with Crippen LogP contribution in [0.4, 0.5) is 0 Å². The smallest absolute Gasteiger partial charge is 0.191 e. The number of aliphatic imine (C=N–C) groups is 1. The van der Waals surface area contributed by atoms with Crippen molar-refractivity contribution in [2.45, 2.75) is 39.3 Å². The van der Waals surface area contributed by atoms with Crippen molar-refractivity contribution in [3.05, 3.63) is 53.3 Å². The number of aryl methyl sites for hydroxylation is 2. The highest BCUT2D eigenvalue weighted by molar-refractivity contribution is 5.79. The van der Waals surface area contributed by atoms with Crippen LogP contribution in [-0.4, -0.2) is 33.9 Å². The lowest BCUT2D eigenvalue weighted by Gasteiger charge is -2.23. The van der Waals surface area contributed by atoms with Crippen LogP contribution in [0.25, 0.3) is 0 Å². The van der Waals surface area contributed by atoms with Crippen LogP contribution in [-0.2, 0) is 25.6 Å². The molecule has 1 aromatic carbocycles. The fourth-order valence-corrected chi connectivity index (χ4v) is 2.62. The molecule has 6 heteroatoms. The van der Waals surface area contributed by atoms with Gasteiger partial charge in [-0.1, -0.05) is 31.2 Å². The highest BCUT2D eigenvalue weighted by Crippen LogP contribution is 2.18. The largest absolute Gasteiger partial charge is 0.383 e. The van der Waals surface area contributed by atoms with Gasteiger partial charge in [0.2, 0.25) is 0 Å². The van der Waals surface area contributed by atoms with Crippen LogP contribution in [0.1, 0.15) is 37.5 Å². The first kappa shape index (κ1) is 19.0. The molecule has 0 radical (unpaired) electrons. The predicted molar refractivity (Wildman–Crippen MR) is 101 cm³/mol. The lowest BCUT2D eigenvalue weighted by molar-refractivity contribution is 0.0616. The van der Waals surface area contributed by atoms with Crippen LogP contribution >= 0.6 is 0 Å². The number of aromatic nitrogens is 2. The molecule has 1 atom stereocenters. The fourth-order valence-electron chi connectivity index (χ4n) is 2.62. The van der Waals surface area contributed by atoms with Gasteiger partial charge in [0.05, 0.1) is 19.3 Å². The second kappa shape index (κ2) is 8.67. The molecule has 2 aromatic rings. The van der Waals surface area contributed by atoms with Gasteiger partial charge in [0.15, 0.2) is 5.96 Å². The molecular formula is C19H29N5O. The number of aliphatic hydroxyl groups is 1. The number of benzene rings is 1. The summed E-state index contributed by atoms with van der Waals surface area (Å²) >= 11 is 0. The Balaban J connectivity index is 2.04. The van der Waals surface area contributed by atoms with E-state index >= 15 is 0 Å². The molecule has 0 aliphatic carbocycles. The van der Waals surface area contributed by atoms with Crippen molar-refractivity contribution in [3.63, 3.8) is 0 Å². The Morgan fingerprint density at radius 2 is 1.96 bits per heavy atom. The molecule has 0 spiro atoms. The second-order valence-electron chi connectivity index (χ2n) is 6.35. The minimum absolute atomic E-state index is 0.347. The summed E-state index contributed by atoms with van der Waals surface area (Å²) in [4.78, 5) is 4.66. The van der Waals surface area contributed by atoms with Gasteiger partial charge < -0.3 is 15.7 Å². The topological polar surface area (TPSA) is 74.5 Å². The van der Waals surface area contributed by atoms with E-state index in [1.807, 2.05) is 26.2 Å². The van der Waals surface area contributed by atoms with Crippen LogP contribution in [0, 0.1) is 0 Å². The second-order valence-corrected chi connectivity index (χ2v) is 6.35. The molecule has 136 valence electrons. The number of nitrogens with zero attached hydrogens (tertiary/aromatic N) is 3. The van der Waals surface area contributed by atoms with Gasteiger partial charge in [0.25, 0.3) is 0 Å². The van der Waals surface area contributed by atoms with Gasteiger partial charge in [-0.25, -0.2) is 4.99 Å². The van der Waals surface area contributed by atoms with Crippen LogP contribution < -0.4 is 10.6 Å². The number of hydrogen-bond donors (Lipinski definition) is 3. The Hall–Kier alpha value is -2.34. The Kier molecular flexibility index (Phi) is 6.58. The third-order valence-electron chi connectivity index (χ3n) is 4.18. The van der Waals surface area contributed by atoms with Gasteiger partial charge in [0.1, 0.15) is 5.60 Å². The van der Waals surface area contributed by atoms with Crippen molar-refractivity contribution >= 4 is 5.96 Å². The minimum Gasteiger partial charge on any atom is -0.383 e. The lowest BCUT2D eigenvalue weighted by Crippen LogP contribution is -2.44. The van der Waals surface area contributed by atoms with Crippen molar-refractivity contribution in [1.29, 1.82) is 0 Å². The predicted octanol–water partition coefficient (Wildman–Crippen LogP) is 1.95. The Labute approximate surface area is 150 Å². The summed E-state index contributed by atoms with van der Waals surface area (Å²) in [6.45, 7) is 7.66. The third-order valence-corrected chi connectivity index (χ3v) is 4.18. The summed E-state index contributed by atoms with van der Waals surface area (Å²) in [7, 11) is 1.84. The lowest BCUT2D eigenvalue weighted by atomic mass is 10.00. The molecular weight excluding hydrogens is 314 g/mol.